The summed E-state index contributed by atoms with van der Waals surface area (Å²) >= 11 is 0. The molecule has 0 unspecified atom stereocenters. The molecule has 0 fully saturated rings. The normalized spacial score (nSPS) is 14.2. The van der Waals surface area contributed by atoms with Crippen LogP contribution in [0.3, 0.4) is 0 Å². The van der Waals surface area contributed by atoms with Gasteiger partial charge < -0.3 is 36.3 Å². The summed E-state index contributed by atoms with van der Waals surface area (Å²) in [7, 11) is 0. The fourth-order valence-electron chi connectivity index (χ4n) is 5.85. The minimum atomic E-state index is -0.659. The Hall–Kier alpha value is -6.05. The Morgan fingerprint density at radius 3 is 2.57 bits per heavy atom. The molecular weight excluding hydrogens is 592 g/mol. The van der Waals surface area contributed by atoms with Crippen LogP contribution in [0, 0.1) is 0 Å². The van der Waals surface area contributed by atoms with Crippen molar-refractivity contribution in [3.8, 4) is 5.75 Å². The third kappa shape index (κ3) is 5.08. The van der Waals surface area contributed by atoms with Crippen LogP contribution >= 0.6 is 0 Å². The van der Waals surface area contributed by atoms with Gasteiger partial charge in [-0.05, 0) is 54.2 Å². The number of hydrogen-bond donors (Lipinski definition) is 5. The number of nitrogens with two attached hydrogens (primary N) is 1. The third-order valence-electron chi connectivity index (χ3n) is 8.22. The summed E-state index contributed by atoms with van der Waals surface area (Å²) in [6.45, 7) is 0.855. The highest BCUT2D eigenvalue weighted by Gasteiger charge is 2.28. The lowest BCUT2D eigenvalue weighted by atomic mass is 10.0. The van der Waals surface area contributed by atoms with Gasteiger partial charge in [0.2, 0.25) is 0 Å². The minimum Gasteiger partial charge on any atom is -0.482 e. The summed E-state index contributed by atoms with van der Waals surface area (Å²) in [4.78, 5) is 75.3. The highest BCUT2D eigenvalue weighted by atomic mass is 16.5. The average molecular weight is 621 g/mol. The summed E-state index contributed by atoms with van der Waals surface area (Å²) in [6, 6.07) is 11.0. The number of hydrogen-bond acceptors (Lipinski definition) is 10. The molecule has 6 N–H and O–H groups in total. The second kappa shape index (κ2) is 11.5. The van der Waals surface area contributed by atoms with E-state index in [4.69, 9.17) is 10.5 Å². The van der Waals surface area contributed by atoms with E-state index < -0.39 is 22.7 Å². The number of rotatable bonds is 7. The van der Waals surface area contributed by atoms with Crippen LogP contribution < -0.4 is 42.2 Å². The summed E-state index contributed by atoms with van der Waals surface area (Å²) < 4.78 is 5.37. The number of nitrogens with one attached hydrogen (secondary N) is 4. The van der Waals surface area contributed by atoms with E-state index in [1.165, 1.54) is 12.5 Å². The van der Waals surface area contributed by atoms with Gasteiger partial charge in [-0.25, -0.2) is 9.97 Å². The van der Waals surface area contributed by atoms with Crippen LogP contribution in [-0.4, -0.2) is 45.8 Å². The molecule has 5 aromatic rings. The van der Waals surface area contributed by atoms with Crippen molar-refractivity contribution >= 4 is 51.5 Å². The van der Waals surface area contributed by atoms with E-state index in [9.17, 15) is 24.0 Å². The van der Waals surface area contributed by atoms with Crippen molar-refractivity contribution in [2.75, 3.05) is 29.1 Å². The molecule has 46 heavy (non-hydrogen) atoms. The molecular formula is C32H28N8O6. The van der Waals surface area contributed by atoms with Crippen molar-refractivity contribution in [2.24, 2.45) is 0 Å². The van der Waals surface area contributed by atoms with Crippen molar-refractivity contribution in [3.05, 3.63) is 97.3 Å². The highest BCUT2D eigenvalue weighted by Crippen LogP contribution is 2.34. The number of nitrogen functional groups attached to an aromatic ring is 1. The Labute approximate surface area is 260 Å². The molecule has 7 rings (SSSR count). The number of aryl methyl sites for hydroxylation is 1. The number of carbonyl (C=O) groups excluding carboxylic acids is 3. The van der Waals surface area contributed by atoms with E-state index in [1.54, 1.807) is 18.2 Å². The molecule has 0 saturated heterocycles. The number of anilines is 4. The summed E-state index contributed by atoms with van der Waals surface area (Å²) in [5.41, 5.74) is 9.66. The molecule has 3 amide bonds. The van der Waals surface area contributed by atoms with Crippen LogP contribution in [0.1, 0.15) is 50.4 Å². The fraction of sp³-hybridized carbons (Fsp3) is 0.219. The molecule has 0 aliphatic carbocycles. The summed E-state index contributed by atoms with van der Waals surface area (Å²) in [5.74, 6) is -0.583. The van der Waals surface area contributed by atoms with Gasteiger partial charge in [0.05, 0.1) is 16.8 Å². The number of amides is 3. The zero-order valence-electron chi connectivity index (χ0n) is 24.4. The molecule has 2 aliphatic heterocycles. The molecule has 14 heteroatoms. The molecule has 0 radical (unpaired) electrons. The lowest BCUT2D eigenvalue weighted by Gasteiger charge is -2.27. The third-order valence-corrected chi connectivity index (χ3v) is 8.22. The largest absolute Gasteiger partial charge is 0.482 e. The molecule has 2 aliphatic rings. The monoisotopic (exact) mass is 620 g/mol. The van der Waals surface area contributed by atoms with E-state index in [0.717, 1.165) is 41.6 Å². The molecule has 0 atom stereocenters. The average Bonchev–Trinajstić information content (AvgIpc) is 3.41. The molecule has 0 spiro atoms. The Balaban J connectivity index is 1.05. The van der Waals surface area contributed by atoms with Crippen LogP contribution in [-0.2, 0) is 24.3 Å². The van der Waals surface area contributed by atoms with Crippen LogP contribution in [0.15, 0.2) is 58.5 Å². The van der Waals surface area contributed by atoms with E-state index in [0.29, 0.717) is 23.5 Å². The van der Waals surface area contributed by atoms with E-state index >= 15 is 0 Å². The number of benzene rings is 2. The molecule has 0 saturated carbocycles. The molecule has 14 nitrogen and oxygen atoms in total. The number of aromatic nitrogens is 3. The molecule has 3 aromatic carbocycles. The van der Waals surface area contributed by atoms with Crippen molar-refractivity contribution in [2.45, 2.75) is 32.4 Å². The van der Waals surface area contributed by atoms with Crippen LogP contribution in [0.2, 0.25) is 0 Å². The van der Waals surface area contributed by atoms with Gasteiger partial charge in [0.15, 0.2) is 12.3 Å². The maximum absolute atomic E-state index is 13.3. The van der Waals surface area contributed by atoms with Crippen molar-refractivity contribution in [3.63, 3.8) is 0 Å². The van der Waals surface area contributed by atoms with Crippen molar-refractivity contribution in [1.29, 1.82) is 0 Å². The Morgan fingerprint density at radius 2 is 1.74 bits per heavy atom. The zero-order chi connectivity index (χ0) is 31.9. The van der Waals surface area contributed by atoms with Crippen LogP contribution in [0.5, 0.6) is 5.75 Å². The number of ether oxygens (including phenoxy) is 1. The lowest BCUT2D eigenvalue weighted by Crippen LogP contribution is -2.41. The van der Waals surface area contributed by atoms with Crippen LogP contribution in [0.4, 0.5) is 22.7 Å². The zero-order valence-corrected chi connectivity index (χ0v) is 24.4. The fourth-order valence-corrected chi connectivity index (χ4v) is 5.85. The smallest absolute Gasteiger partial charge is 0.272 e. The first-order valence-corrected chi connectivity index (χ1v) is 14.7. The predicted molar refractivity (Wildman–Crippen MR) is 169 cm³/mol. The number of carbonyl (C=O) groups is 3. The standard InChI is InChI=1S/C32H28N8O6/c33-24-28(30(43)29(24)42)40-8-2-1-3-18-6-4-17(10-21(18)40)12-35-31(44)19-13-34-26-25(19)37-15-38-27(26)32(45)36-11-16-5-7-22-20(9-16)39-23(41)14-46-22/h4-7,9-10,13,15,34H,1-3,8,11-12,14,33H2,(H,35,44)(H,36,45)(H,39,41). The molecule has 2 aromatic heterocycles. The maximum atomic E-state index is 13.3. The van der Waals surface area contributed by atoms with E-state index in [2.05, 4.69) is 30.9 Å². The van der Waals surface area contributed by atoms with Gasteiger partial charge in [0, 0.05) is 31.5 Å². The van der Waals surface area contributed by atoms with E-state index in [-0.39, 0.29) is 53.8 Å². The van der Waals surface area contributed by atoms with Gasteiger partial charge in [0.1, 0.15) is 29.0 Å². The topological polar surface area (TPSA) is 201 Å². The number of H-pyrrole nitrogens is 1. The van der Waals surface area contributed by atoms with Gasteiger partial charge in [-0.3, -0.25) is 24.0 Å². The van der Waals surface area contributed by atoms with Crippen molar-refractivity contribution < 1.29 is 19.1 Å². The quantitative estimate of drug-likeness (QED) is 0.167. The minimum absolute atomic E-state index is 0.0189. The van der Waals surface area contributed by atoms with E-state index in [1.807, 2.05) is 23.1 Å². The van der Waals surface area contributed by atoms with Gasteiger partial charge in [0.25, 0.3) is 28.6 Å². The molecule has 0 bridgehead atoms. The Bertz CT molecular complexity index is 2130. The first-order valence-electron chi connectivity index (χ1n) is 14.7. The molecule has 4 heterocycles. The predicted octanol–water partition coefficient (Wildman–Crippen LogP) is 1.80. The van der Waals surface area contributed by atoms with Gasteiger partial charge in [-0.15, -0.1) is 0 Å². The lowest BCUT2D eigenvalue weighted by molar-refractivity contribution is -0.118. The van der Waals surface area contributed by atoms with Crippen LogP contribution in [0.25, 0.3) is 11.0 Å². The summed E-state index contributed by atoms with van der Waals surface area (Å²) in [6.07, 6.45) is 5.29. The van der Waals surface area contributed by atoms with Gasteiger partial charge >= 0.3 is 0 Å². The number of aromatic amines is 1. The second-order valence-electron chi connectivity index (χ2n) is 11.2. The SMILES string of the molecule is Nc1c(N2CCCCc3ccc(CNC(=O)c4c[nH]c5c(C(=O)NCc6ccc7c(c6)NC(=O)CO7)ncnc45)cc32)c(=O)c1=O. The first kappa shape index (κ1) is 28.7. The van der Waals surface area contributed by atoms with Crippen molar-refractivity contribution in [1.82, 2.24) is 25.6 Å². The maximum Gasteiger partial charge on any atom is 0.272 e. The van der Waals surface area contributed by atoms with Gasteiger partial charge in [-0.2, -0.15) is 0 Å². The summed E-state index contributed by atoms with van der Waals surface area (Å²) in [5, 5.41) is 8.45. The Kier molecular flexibility index (Phi) is 7.15. The first-order chi connectivity index (χ1) is 22.3. The highest BCUT2D eigenvalue weighted by molar-refractivity contribution is 6.10. The van der Waals surface area contributed by atoms with Gasteiger partial charge in [-0.1, -0.05) is 18.2 Å². The number of nitrogens with zero attached hydrogens (tertiary/aromatic N) is 3. The Morgan fingerprint density at radius 1 is 0.957 bits per heavy atom. The molecule has 232 valence electrons. The second-order valence-corrected chi connectivity index (χ2v) is 11.2. The number of fused-ring (bicyclic) bond motifs is 3.